The number of aromatic nitrogens is 2. The molecule has 1 heterocycles. The summed E-state index contributed by atoms with van der Waals surface area (Å²) in [6.45, 7) is -1.31. The predicted molar refractivity (Wildman–Crippen MR) is 59.0 cm³/mol. The minimum atomic E-state index is -4.30. The largest absolute Gasteiger partial charge is 0.411 e. The van der Waals surface area contributed by atoms with Crippen LogP contribution in [0.25, 0.3) is 0 Å². The quantitative estimate of drug-likeness (QED) is 0.824. The minimum Gasteiger partial charge on any atom is -0.384 e. The van der Waals surface area contributed by atoms with Crippen molar-refractivity contribution in [3.63, 3.8) is 0 Å². The van der Waals surface area contributed by atoms with Gasteiger partial charge < -0.3 is 10.5 Å². The number of hydrogen-bond acceptors (Lipinski definition) is 4. The van der Waals surface area contributed by atoms with Crippen molar-refractivity contribution in [2.24, 2.45) is 0 Å². The number of halogens is 3. The fourth-order valence-electron chi connectivity index (χ4n) is 1.59. The second-order valence-corrected chi connectivity index (χ2v) is 4.33. The lowest BCUT2D eigenvalue weighted by molar-refractivity contribution is -0.173. The van der Waals surface area contributed by atoms with Gasteiger partial charge in [0, 0.05) is 24.1 Å². The molecule has 18 heavy (non-hydrogen) atoms. The van der Waals surface area contributed by atoms with Gasteiger partial charge in [0.15, 0.2) is 0 Å². The van der Waals surface area contributed by atoms with Crippen molar-refractivity contribution in [2.45, 2.75) is 31.4 Å². The third-order valence-corrected chi connectivity index (χ3v) is 2.54. The van der Waals surface area contributed by atoms with Gasteiger partial charge in [-0.05, 0) is 12.8 Å². The number of nitrogen functional groups attached to an aromatic ring is 1. The standard InChI is InChI=1S/C11H14F3N3O/c12-11(13,14)6-18-4-3-10-16-8(7-1-2-7)5-9(15)17-10/h5,7H,1-4,6H2,(H2,15,16,17). The van der Waals surface area contributed by atoms with E-state index in [9.17, 15) is 13.2 Å². The zero-order valence-electron chi connectivity index (χ0n) is 9.70. The third kappa shape index (κ3) is 4.14. The van der Waals surface area contributed by atoms with Crippen LogP contribution in [0, 0.1) is 0 Å². The zero-order chi connectivity index (χ0) is 13.2. The van der Waals surface area contributed by atoms with Crippen LogP contribution < -0.4 is 5.73 Å². The van der Waals surface area contributed by atoms with Crippen LogP contribution in [-0.2, 0) is 11.2 Å². The number of ether oxygens (including phenoxy) is 1. The van der Waals surface area contributed by atoms with Gasteiger partial charge >= 0.3 is 6.18 Å². The molecule has 2 rings (SSSR count). The molecule has 0 bridgehead atoms. The fraction of sp³-hybridized carbons (Fsp3) is 0.636. The van der Waals surface area contributed by atoms with Crippen LogP contribution in [0.2, 0.25) is 0 Å². The summed E-state index contributed by atoms with van der Waals surface area (Å²) in [6, 6.07) is 1.72. The van der Waals surface area contributed by atoms with E-state index in [0.717, 1.165) is 18.5 Å². The van der Waals surface area contributed by atoms with E-state index < -0.39 is 12.8 Å². The van der Waals surface area contributed by atoms with Crippen LogP contribution in [0.1, 0.15) is 30.3 Å². The van der Waals surface area contributed by atoms with Crippen LogP contribution in [0.15, 0.2) is 6.07 Å². The third-order valence-electron chi connectivity index (χ3n) is 2.54. The number of nitrogens with two attached hydrogens (primary N) is 1. The number of alkyl halides is 3. The van der Waals surface area contributed by atoms with Gasteiger partial charge in [-0.3, -0.25) is 0 Å². The molecule has 1 fully saturated rings. The summed E-state index contributed by atoms with van der Waals surface area (Å²) in [6.07, 6.45) is -1.89. The Balaban J connectivity index is 1.85. The smallest absolute Gasteiger partial charge is 0.384 e. The average Bonchev–Trinajstić information content (AvgIpc) is 3.06. The first-order valence-electron chi connectivity index (χ1n) is 5.72. The first-order chi connectivity index (χ1) is 8.44. The molecule has 1 saturated carbocycles. The molecule has 1 aliphatic carbocycles. The van der Waals surface area contributed by atoms with E-state index in [4.69, 9.17) is 5.73 Å². The fourth-order valence-corrected chi connectivity index (χ4v) is 1.59. The van der Waals surface area contributed by atoms with Crippen molar-refractivity contribution in [1.82, 2.24) is 9.97 Å². The molecule has 0 spiro atoms. The summed E-state index contributed by atoms with van der Waals surface area (Å²) in [5.41, 5.74) is 6.51. The Morgan fingerprint density at radius 1 is 1.33 bits per heavy atom. The van der Waals surface area contributed by atoms with Crippen LogP contribution in [0.5, 0.6) is 0 Å². The second kappa shape index (κ2) is 5.09. The lowest BCUT2D eigenvalue weighted by atomic mass is 10.2. The molecule has 0 aromatic carbocycles. The predicted octanol–water partition coefficient (Wildman–Crippen LogP) is 2.06. The Hall–Kier alpha value is -1.37. The SMILES string of the molecule is Nc1cc(C2CC2)nc(CCOCC(F)(F)F)n1. The van der Waals surface area contributed by atoms with Gasteiger partial charge in [-0.15, -0.1) is 0 Å². The normalized spacial score (nSPS) is 15.9. The molecule has 1 aromatic heterocycles. The minimum absolute atomic E-state index is 0.0624. The van der Waals surface area contributed by atoms with Crippen molar-refractivity contribution >= 4 is 5.82 Å². The van der Waals surface area contributed by atoms with Crippen molar-refractivity contribution < 1.29 is 17.9 Å². The Bertz CT molecular complexity index is 418. The molecule has 0 saturated heterocycles. The van der Waals surface area contributed by atoms with Crippen LogP contribution in [0.3, 0.4) is 0 Å². The van der Waals surface area contributed by atoms with Gasteiger partial charge in [-0.25, -0.2) is 9.97 Å². The molecule has 100 valence electrons. The number of hydrogen-bond donors (Lipinski definition) is 1. The van der Waals surface area contributed by atoms with Gasteiger partial charge in [0.05, 0.1) is 6.61 Å². The molecule has 0 amide bonds. The Morgan fingerprint density at radius 2 is 2.06 bits per heavy atom. The highest BCUT2D eigenvalue weighted by molar-refractivity contribution is 5.32. The van der Waals surface area contributed by atoms with Crippen molar-refractivity contribution in [3.05, 3.63) is 17.6 Å². The molecular formula is C11H14F3N3O. The van der Waals surface area contributed by atoms with Crippen molar-refractivity contribution in [1.29, 1.82) is 0 Å². The first kappa shape index (κ1) is 13.1. The highest BCUT2D eigenvalue weighted by Gasteiger charge is 2.27. The Labute approximate surface area is 102 Å². The summed E-state index contributed by atoms with van der Waals surface area (Å²) >= 11 is 0. The van der Waals surface area contributed by atoms with Gasteiger partial charge in [0.1, 0.15) is 18.2 Å². The maximum atomic E-state index is 11.8. The van der Waals surface area contributed by atoms with Crippen LogP contribution >= 0.6 is 0 Å². The molecular weight excluding hydrogens is 247 g/mol. The molecule has 2 N–H and O–H groups in total. The summed E-state index contributed by atoms with van der Waals surface area (Å²) in [7, 11) is 0. The summed E-state index contributed by atoms with van der Waals surface area (Å²) in [5.74, 6) is 1.24. The first-order valence-corrected chi connectivity index (χ1v) is 5.72. The Kier molecular flexibility index (Phi) is 3.70. The summed E-state index contributed by atoms with van der Waals surface area (Å²) < 4.78 is 40.1. The summed E-state index contributed by atoms with van der Waals surface area (Å²) in [5, 5.41) is 0. The highest BCUT2D eigenvalue weighted by Crippen LogP contribution is 2.39. The average molecular weight is 261 g/mol. The number of anilines is 1. The van der Waals surface area contributed by atoms with Crippen LogP contribution in [-0.4, -0.2) is 29.4 Å². The monoisotopic (exact) mass is 261 g/mol. The molecule has 1 aliphatic rings. The molecule has 0 radical (unpaired) electrons. The van der Waals surface area contributed by atoms with E-state index in [1.807, 2.05) is 0 Å². The van der Waals surface area contributed by atoms with Crippen molar-refractivity contribution in [3.8, 4) is 0 Å². The maximum Gasteiger partial charge on any atom is 0.411 e. The molecule has 4 nitrogen and oxygen atoms in total. The highest BCUT2D eigenvalue weighted by atomic mass is 19.4. The van der Waals surface area contributed by atoms with Crippen LogP contribution in [0.4, 0.5) is 19.0 Å². The van der Waals surface area contributed by atoms with Gasteiger partial charge in [-0.1, -0.05) is 0 Å². The lowest BCUT2D eigenvalue weighted by Crippen LogP contribution is -2.18. The maximum absolute atomic E-state index is 11.8. The number of rotatable bonds is 5. The molecule has 7 heteroatoms. The molecule has 0 aliphatic heterocycles. The van der Waals surface area contributed by atoms with Crippen molar-refractivity contribution in [2.75, 3.05) is 18.9 Å². The summed E-state index contributed by atoms with van der Waals surface area (Å²) in [4.78, 5) is 8.26. The molecule has 0 atom stereocenters. The zero-order valence-corrected chi connectivity index (χ0v) is 9.70. The topological polar surface area (TPSA) is 61.0 Å². The Morgan fingerprint density at radius 3 is 2.67 bits per heavy atom. The van der Waals surface area contributed by atoms with E-state index >= 15 is 0 Å². The van der Waals surface area contributed by atoms with E-state index in [-0.39, 0.29) is 13.0 Å². The van der Waals surface area contributed by atoms with Gasteiger partial charge in [0.2, 0.25) is 0 Å². The van der Waals surface area contributed by atoms with E-state index in [1.165, 1.54) is 0 Å². The second-order valence-electron chi connectivity index (χ2n) is 4.33. The van der Waals surface area contributed by atoms with Gasteiger partial charge in [0.25, 0.3) is 0 Å². The van der Waals surface area contributed by atoms with E-state index in [0.29, 0.717) is 17.6 Å². The number of nitrogens with zero attached hydrogens (tertiary/aromatic N) is 2. The van der Waals surface area contributed by atoms with E-state index in [2.05, 4.69) is 14.7 Å². The molecule has 1 aromatic rings. The van der Waals surface area contributed by atoms with E-state index in [1.54, 1.807) is 6.07 Å². The molecule has 0 unspecified atom stereocenters. The van der Waals surface area contributed by atoms with Gasteiger partial charge in [-0.2, -0.15) is 13.2 Å². The lowest BCUT2D eigenvalue weighted by Gasteiger charge is -2.08.